The predicted octanol–water partition coefficient (Wildman–Crippen LogP) is 0.176. The molecule has 1 aliphatic rings. The van der Waals surface area contributed by atoms with E-state index < -0.39 is 0 Å². The number of hydrogen-bond donors (Lipinski definition) is 1. The molecular weight excluding hydrogens is 170 g/mol. The second kappa shape index (κ2) is 5.94. The molecular formula is C9H17NO3. The van der Waals surface area contributed by atoms with Crippen molar-refractivity contribution < 1.29 is 14.3 Å². The molecule has 0 amide bonds. The predicted molar refractivity (Wildman–Crippen MR) is 48.4 cm³/mol. The Labute approximate surface area is 78.6 Å². The Kier molecular flexibility index (Phi) is 4.78. The van der Waals surface area contributed by atoms with Crippen LogP contribution in [0.5, 0.6) is 0 Å². The fraction of sp³-hybridized carbons (Fsp3) is 0.889. The van der Waals surface area contributed by atoms with Crippen LogP contribution in [0.15, 0.2) is 0 Å². The molecule has 1 N–H and O–H groups in total. The van der Waals surface area contributed by atoms with Gasteiger partial charge < -0.3 is 14.8 Å². The van der Waals surface area contributed by atoms with Crippen LogP contribution in [-0.2, 0) is 14.3 Å². The minimum Gasteiger partial charge on any atom is -0.464 e. The molecule has 4 nitrogen and oxygen atoms in total. The number of rotatable bonds is 4. The maximum atomic E-state index is 10.9. The molecule has 1 heterocycles. The van der Waals surface area contributed by atoms with Crippen molar-refractivity contribution >= 4 is 5.97 Å². The van der Waals surface area contributed by atoms with Gasteiger partial charge in [-0.3, -0.25) is 0 Å². The lowest BCUT2D eigenvalue weighted by Crippen LogP contribution is -2.33. The summed E-state index contributed by atoms with van der Waals surface area (Å²) in [5, 5.41) is 3.27. The van der Waals surface area contributed by atoms with Crippen molar-refractivity contribution in [2.24, 2.45) is 5.92 Å². The Bertz CT molecular complexity index is 155. The Balaban J connectivity index is 2.06. The van der Waals surface area contributed by atoms with Gasteiger partial charge in [0.1, 0.15) is 6.61 Å². The van der Waals surface area contributed by atoms with E-state index in [1.54, 1.807) is 0 Å². The highest BCUT2D eigenvalue weighted by Gasteiger charge is 2.14. The molecule has 0 aliphatic carbocycles. The Morgan fingerprint density at radius 3 is 3.08 bits per heavy atom. The molecule has 1 saturated heterocycles. The summed E-state index contributed by atoms with van der Waals surface area (Å²) in [6.45, 7) is 2.62. The largest absolute Gasteiger partial charge is 0.464 e. The molecule has 1 atom stereocenters. The van der Waals surface area contributed by atoms with Gasteiger partial charge in [0, 0.05) is 19.6 Å². The number of carbonyl (C=O) groups excluding carboxylic acids is 1. The SMILES string of the molecule is COCC(=O)OCC1CCCNC1. The molecule has 0 aromatic carbocycles. The van der Waals surface area contributed by atoms with Crippen LogP contribution in [0.3, 0.4) is 0 Å². The molecule has 0 saturated carbocycles. The van der Waals surface area contributed by atoms with Gasteiger partial charge in [0.15, 0.2) is 0 Å². The molecule has 0 aromatic heterocycles. The number of carbonyl (C=O) groups is 1. The quantitative estimate of drug-likeness (QED) is 0.638. The second-order valence-electron chi connectivity index (χ2n) is 3.33. The first-order chi connectivity index (χ1) is 6.33. The summed E-state index contributed by atoms with van der Waals surface area (Å²) in [6, 6.07) is 0. The summed E-state index contributed by atoms with van der Waals surface area (Å²) < 4.78 is 9.67. The average Bonchev–Trinajstić information content (AvgIpc) is 2.17. The molecule has 0 aromatic rings. The van der Waals surface area contributed by atoms with Crippen LogP contribution in [0.2, 0.25) is 0 Å². The van der Waals surface area contributed by atoms with Gasteiger partial charge in [0.25, 0.3) is 0 Å². The van der Waals surface area contributed by atoms with Gasteiger partial charge >= 0.3 is 5.97 Å². The molecule has 4 heteroatoms. The molecule has 76 valence electrons. The van der Waals surface area contributed by atoms with Crippen LogP contribution in [0.25, 0.3) is 0 Å². The Morgan fingerprint density at radius 1 is 1.62 bits per heavy atom. The minimum absolute atomic E-state index is 0.0557. The third-order valence-electron chi connectivity index (χ3n) is 2.14. The van der Waals surface area contributed by atoms with E-state index in [1.807, 2.05) is 0 Å². The minimum atomic E-state index is -0.270. The van der Waals surface area contributed by atoms with Crippen LogP contribution in [0.4, 0.5) is 0 Å². The highest BCUT2D eigenvalue weighted by atomic mass is 16.6. The van der Waals surface area contributed by atoms with Crippen molar-refractivity contribution in [2.45, 2.75) is 12.8 Å². The number of methoxy groups -OCH3 is 1. The van der Waals surface area contributed by atoms with Gasteiger partial charge in [-0.1, -0.05) is 0 Å². The first-order valence-corrected chi connectivity index (χ1v) is 4.68. The van der Waals surface area contributed by atoms with Crippen molar-refractivity contribution in [1.82, 2.24) is 5.32 Å². The molecule has 13 heavy (non-hydrogen) atoms. The zero-order valence-corrected chi connectivity index (χ0v) is 8.04. The van der Waals surface area contributed by atoms with E-state index in [-0.39, 0.29) is 12.6 Å². The third kappa shape index (κ3) is 4.24. The number of piperidine rings is 1. The first kappa shape index (κ1) is 10.5. The maximum absolute atomic E-state index is 10.9. The number of esters is 1. The lowest BCUT2D eigenvalue weighted by Gasteiger charge is -2.22. The highest BCUT2D eigenvalue weighted by molar-refractivity contribution is 5.70. The highest BCUT2D eigenvalue weighted by Crippen LogP contribution is 2.09. The van der Waals surface area contributed by atoms with E-state index >= 15 is 0 Å². The monoisotopic (exact) mass is 187 g/mol. The third-order valence-corrected chi connectivity index (χ3v) is 2.14. The van der Waals surface area contributed by atoms with E-state index in [2.05, 4.69) is 10.1 Å². The summed E-state index contributed by atoms with van der Waals surface area (Å²) in [7, 11) is 1.49. The lowest BCUT2D eigenvalue weighted by atomic mass is 10.0. The molecule has 1 unspecified atom stereocenters. The number of hydrogen-bond acceptors (Lipinski definition) is 4. The van der Waals surface area contributed by atoms with Crippen LogP contribution >= 0.6 is 0 Å². The van der Waals surface area contributed by atoms with Crippen LogP contribution in [-0.4, -0.2) is 39.4 Å². The maximum Gasteiger partial charge on any atom is 0.332 e. The molecule has 0 bridgehead atoms. The first-order valence-electron chi connectivity index (χ1n) is 4.68. The topological polar surface area (TPSA) is 47.6 Å². The van der Waals surface area contributed by atoms with Crippen molar-refractivity contribution in [1.29, 1.82) is 0 Å². The smallest absolute Gasteiger partial charge is 0.332 e. The standard InChI is InChI=1S/C9H17NO3/c1-12-7-9(11)13-6-8-3-2-4-10-5-8/h8,10H,2-7H2,1H3. The van der Waals surface area contributed by atoms with E-state index in [0.29, 0.717) is 12.5 Å². The number of ether oxygens (including phenoxy) is 2. The van der Waals surface area contributed by atoms with Crippen molar-refractivity contribution in [2.75, 3.05) is 33.4 Å². The van der Waals surface area contributed by atoms with E-state index in [4.69, 9.17) is 4.74 Å². The van der Waals surface area contributed by atoms with Gasteiger partial charge in [-0.15, -0.1) is 0 Å². The van der Waals surface area contributed by atoms with E-state index in [9.17, 15) is 4.79 Å². The van der Waals surface area contributed by atoms with Crippen molar-refractivity contribution in [3.8, 4) is 0 Å². The molecule has 0 radical (unpaired) electrons. The van der Waals surface area contributed by atoms with Crippen LogP contribution in [0, 0.1) is 5.92 Å². The molecule has 1 rings (SSSR count). The van der Waals surface area contributed by atoms with Gasteiger partial charge in [-0.25, -0.2) is 4.79 Å². The zero-order chi connectivity index (χ0) is 9.52. The Morgan fingerprint density at radius 2 is 2.46 bits per heavy atom. The van der Waals surface area contributed by atoms with Gasteiger partial charge in [0.05, 0.1) is 6.61 Å². The summed E-state index contributed by atoms with van der Waals surface area (Å²) in [6.07, 6.45) is 2.32. The molecule has 0 spiro atoms. The fourth-order valence-corrected chi connectivity index (χ4v) is 1.44. The second-order valence-corrected chi connectivity index (χ2v) is 3.33. The van der Waals surface area contributed by atoms with Crippen LogP contribution < -0.4 is 5.32 Å². The van der Waals surface area contributed by atoms with E-state index in [0.717, 1.165) is 19.5 Å². The van der Waals surface area contributed by atoms with Crippen molar-refractivity contribution in [3.63, 3.8) is 0 Å². The average molecular weight is 187 g/mol. The van der Waals surface area contributed by atoms with Crippen molar-refractivity contribution in [3.05, 3.63) is 0 Å². The summed E-state index contributed by atoms with van der Waals surface area (Å²) in [5.41, 5.74) is 0. The van der Waals surface area contributed by atoms with Gasteiger partial charge in [-0.2, -0.15) is 0 Å². The van der Waals surface area contributed by atoms with E-state index in [1.165, 1.54) is 13.5 Å². The summed E-state index contributed by atoms with van der Waals surface area (Å²) in [4.78, 5) is 10.9. The van der Waals surface area contributed by atoms with Gasteiger partial charge in [-0.05, 0) is 19.4 Å². The normalized spacial score (nSPS) is 22.7. The fourth-order valence-electron chi connectivity index (χ4n) is 1.44. The summed E-state index contributed by atoms with van der Waals surface area (Å²) in [5.74, 6) is 0.211. The van der Waals surface area contributed by atoms with Gasteiger partial charge in [0.2, 0.25) is 0 Å². The lowest BCUT2D eigenvalue weighted by molar-refractivity contribution is -0.149. The Hall–Kier alpha value is -0.610. The zero-order valence-electron chi connectivity index (χ0n) is 8.04. The van der Waals surface area contributed by atoms with Crippen LogP contribution in [0.1, 0.15) is 12.8 Å². The summed E-state index contributed by atoms with van der Waals surface area (Å²) >= 11 is 0. The molecule has 1 aliphatic heterocycles. The number of nitrogens with one attached hydrogen (secondary N) is 1. The molecule has 1 fully saturated rings.